The summed E-state index contributed by atoms with van der Waals surface area (Å²) in [6.07, 6.45) is 23.9. The van der Waals surface area contributed by atoms with E-state index in [-0.39, 0.29) is 23.9 Å². The summed E-state index contributed by atoms with van der Waals surface area (Å²) in [6.45, 7) is 4.50. The van der Waals surface area contributed by atoms with Crippen LogP contribution in [0, 0.1) is 11.8 Å². The summed E-state index contributed by atoms with van der Waals surface area (Å²) in [7, 11) is 0. The van der Waals surface area contributed by atoms with Gasteiger partial charge in [0.05, 0.1) is 11.8 Å². The number of carbonyl (C=O) groups excluding carboxylic acids is 1. The van der Waals surface area contributed by atoms with Gasteiger partial charge in [0.15, 0.2) is 0 Å². The van der Waals surface area contributed by atoms with Crippen molar-refractivity contribution in [2.75, 3.05) is 0 Å². The van der Waals surface area contributed by atoms with Crippen molar-refractivity contribution in [3.8, 4) is 0 Å². The van der Waals surface area contributed by atoms with Crippen LogP contribution >= 0.6 is 0 Å². The van der Waals surface area contributed by atoms with Gasteiger partial charge in [0.2, 0.25) is 0 Å². The summed E-state index contributed by atoms with van der Waals surface area (Å²) >= 11 is 0. The van der Waals surface area contributed by atoms with E-state index >= 15 is 0 Å². The highest BCUT2D eigenvalue weighted by Gasteiger charge is 2.31. The number of ether oxygens (including phenoxy) is 1. The smallest absolute Gasteiger partial charge is 0.309 e. The second-order valence-corrected chi connectivity index (χ2v) is 10.1. The lowest BCUT2D eigenvalue weighted by Crippen LogP contribution is -2.29. The molecule has 0 radical (unpaired) electrons. The van der Waals surface area contributed by atoms with Gasteiger partial charge in [0.25, 0.3) is 0 Å². The lowest BCUT2D eigenvalue weighted by molar-refractivity contribution is -0.158. The fourth-order valence-corrected chi connectivity index (χ4v) is 4.93. The van der Waals surface area contributed by atoms with Gasteiger partial charge in [-0.25, -0.2) is 0 Å². The minimum absolute atomic E-state index is 0.0513. The number of carbonyl (C=O) groups is 2. The maximum absolute atomic E-state index is 12.7. The first-order chi connectivity index (χ1) is 15.6. The van der Waals surface area contributed by atoms with Gasteiger partial charge in [-0.2, -0.15) is 0 Å². The normalized spacial score (nSPS) is 19.6. The topological polar surface area (TPSA) is 63.6 Å². The highest BCUT2D eigenvalue weighted by molar-refractivity contribution is 5.74. The number of unbranched alkanes of at least 4 members (excludes halogenated alkanes) is 13. The second-order valence-electron chi connectivity index (χ2n) is 10.1. The zero-order valence-electron chi connectivity index (χ0n) is 21.3. The Morgan fingerprint density at radius 1 is 0.656 bits per heavy atom. The monoisotopic (exact) mass is 452 g/mol. The third-order valence-electron chi connectivity index (χ3n) is 7.20. The third-order valence-corrected chi connectivity index (χ3v) is 7.20. The summed E-state index contributed by atoms with van der Waals surface area (Å²) in [6, 6.07) is 0. The Morgan fingerprint density at radius 2 is 1.03 bits per heavy atom. The second kappa shape index (κ2) is 19.4. The number of rotatable bonds is 20. The molecule has 1 fully saturated rings. The van der Waals surface area contributed by atoms with Crippen molar-refractivity contribution in [1.29, 1.82) is 0 Å². The molecule has 0 saturated heterocycles. The lowest BCUT2D eigenvalue weighted by Gasteiger charge is -2.27. The molecule has 1 N–H and O–H groups in total. The molecule has 1 aliphatic rings. The van der Waals surface area contributed by atoms with Crippen molar-refractivity contribution in [2.24, 2.45) is 11.8 Å². The van der Waals surface area contributed by atoms with E-state index in [1.54, 1.807) is 0 Å². The number of hydrogen-bond acceptors (Lipinski definition) is 3. The van der Waals surface area contributed by atoms with Crippen LogP contribution < -0.4 is 0 Å². The van der Waals surface area contributed by atoms with Gasteiger partial charge in [-0.15, -0.1) is 0 Å². The van der Waals surface area contributed by atoms with E-state index in [9.17, 15) is 14.7 Å². The standard InChI is InChI=1S/C28H52O4/c1-3-5-7-9-11-12-13-15-17-19-26(18-16-14-10-8-6-4-2)32-28(31)25-22-20-24(21-23-25)27(29)30/h24-26H,3-23H2,1-2H3,(H,29,30). The van der Waals surface area contributed by atoms with E-state index in [0.29, 0.717) is 25.7 Å². The van der Waals surface area contributed by atoms with Crippen molar-refractivity contribution >= 4 is 11.9 Å². The fraction of sp³-hybridized carbons (Fsp3) is 0.929. The van der Waals surface area contributed by atoms with Gasteiger partial charge in [0, 0.05) is 0 Å². The zero-order valence-corrected chi connectivity index (χ0v) is 21.3. The molecule has 4 heteroatoms. The number of aliphatic carboxylic acids is 1. The zero-order chi connectivity index (χ0) is 23.4. The average Bonchev–Trinajstić information content (AvgIpc) is 2.79. The summed E-state index contributed by atoms with van der Waals surface area (Å²) in [5.41, 5.74) is 0. The summed E-state index contributed by atoms with van der Waals surface area (Å²) in [5, 5.41) is 9.18. The van der Waals surface area contributed by atoms with Crippen LogP contribution in [-0.4, -0.2) is 23.1 Å². The first kappa shape index (κ1) is 29.0. The molecule has 1 saturated carbocycles. The minimum atomic E-state index is -0.719. The van der Waals surface area contributed by atoms with E-state index < -0.39 is 5.97 Å². The fourth-order valence-electron chi connectivity index (χ4n) is 4.93. The number of esters is 1. The summed E-state index contributed by atoms with van der Waals surface area (Å²) < 4.78 is 6.00. The van der Waals surface area contributed by atoms with Gasteiger partial charge in [-0.1, -0.05) is 97.3 Å². The molecule has 1 aliphatic carbocycles. The van der Waals surface area contributed by atoms with Crippen molar-refractivity contribution in [3.05, 3.63) is 0 Å². The minimum Gasteiger partial charge on any atom is -0.481 e. The number of carboxylic acid groups (broad SMARTS) is 1. The van der Waals surface area contributed by atoms with E-state index in [2.05, 4.69) is 13.8 Å². The van der Waals surface area contributed by atoms with Crippen LogP contribution in [0.1, 0.15) is 149 Å². The molecule has 1 rings (SSSR count). The molecule has 4 nitrogen and oxygen atoms in total. The summed E-state index contributed by atoms with van der Waals surface area (Å²) in [5.74, 6) is -1.16. The lowest BCUT2D eigenvalue weighted by atomic mass is 9.82. The van der Waals surface area contributed by atoms with Crippen LogP contribution in [0.2, 0.25) is 0 Å². The van der Waals surface area contributed by atoms with Crippen LogP contribution in [0.25, 0.3) is 0 Å². The molecule has 32 heavy (non-hydrogen) atoms. The Bertz CT molecular complexity index is 468. The molecule has 0 amide bonds. The molecule has 0 bridgehead atoms. The molecule has 0 spiro atoms. The predicted molar refractivity (Wildman–Crippen MR) is 133 cm³/mol. The third kappa shape index (κ3) is 14.2. The van der Waals surface area contributed by atoms with Gasteiger partial charge in [0.1, 0.15) is 6.10 Å². The van der Waals surface area contributed by atoms with Crippen LogP contribution in [-0.2, 0) is 14.3 Å². The first-order valence-electron chi connectivity index (χ1n) is 14.0. The van der Waals surface area contributed by atoms with E-state index in [1.165, 1.54) is 83.5 Å². The molecular formula is C28H52O4. The van der Waals surface area contributed by atoms with Gasteiger partial charge >= 0.3 is 11.9 Å². The SMILES string of the molecule is CCCCCCCCCCCC(CCCCCCCC)OC(=O)C1CCC(C(=O)O)CC1. The van der Waals surface area contributed by atoms with E-state index in [4.69, 9.17) is 4.74 Å². The Morgan fingerprint density at radius 3 is 1.44 bits per heavy atom. The Labute approximate surface area is 198 Å². The maximum atomic E-state index is 12.7. The van der Waals surface area contributed by atoms with Gasteiger partial charge in [-0.05, 0) is 51.4 Å². The molecule has 1 unspecified atom stereocenters. The highest BCUT2D eigenvalue weighted by Crippen LogP contribution is 2.30. The van der Waals surface area contributed by atoms with Crippen molar-refractivity contribution in [1.82, 2.24) is 0 Å². The molecule has 1 atom stereocenters. The largest absolute Gasteiger partial charge is 0.481 e. The predicted octanol–water partition coefficient (Wildman–Crippen LogP) is 8.46. The number of carboxylic acids is 1. The molecule has 188 valence electrons. The average molecular weight is 453 g/mol. The molecular weight excluding hydrogens is 400 g/mol. The molecule has 0 aromatic carbocycles. The molecule has 0 heterocycles. The van der Waals surface area contributed by atoms with Crippen LogP contribution in [0.5, 0.6) is 0 Å². The van der Waals surface area contributed by atoms with Crippen molar-refractivity contribution in [3.63, 3.8) is 0 Å². The first-order valence-corrected chi connectivity index (χ1v) is 14.0. The van der Waals surface area contributed by atoms with Crippen molar-refractivity contribution < 1.29 is 19.4 Å². The van der Waals surface area contributed by atoms with Gasteiger partial charge in [-0.3, -0.25) is 9.59 Å². The van der Waals surface area contributed by atoms with Crippen LogP contribution in [0.3, 0.4) is 0 Å². The van der Waals surface area contributed by atoms with Crippen LogP contribution in [0.4, 0.5) is 0 Å². The quantitative estimate of drug-likeness (QED) is 0.149. The molecule has 0 aromatic heterocycles. The summed E-state index contributed by atoms with van der Waals surface area (Å²) in [4.78, 5) is 23.9. The van der Waals surface area contributed by atoms with Gasteiger partial charge < -0.3 is 9.84 Å². The van der Waals surface area contributed by atoms with Crippen LogP contribution in [0.15, 0.2) is 0 Å². The van der Waals surface area contributed by atoms with E-state index in [0.717, 1.165) is 25.7 Å². The Hall–Kier alpha value is -1.06. The number of hydrogen-bond donors (Lipinski definition) is 1. The molecule has 0 aromatic rings. The van der Waals surface area contributed by atoms with E-state index in [1.807, 2.05) is 0 Å². The Kier molecular flexibility index (Phi) is 17.6. The highest BCUT2D eigenvalue weighted by atomic mass is 16.5. The molecule has 0 aliphatic heterocycles. The Balaban J connectivity index is 2.31. The maximum Gasteiger partial charge on any atom is 0.309 e. The van der Waals surface area contributed by atoms with Crippen molar-refractivity contribution in [2.45, 2.75) is 155 Å².